The van der Waals surface area contributed by atoms with E-state index in [1.54, 1.807) is 25.6 Å². The third-order valence-corrected chi connectivity index (χ3v) is 6.14. The molecule has 2 aromatic heterocycles. The van der Waals surface area contributed by atoms with Crippen molar-refractivity contribution in [3.05, 3.63) is 60.6 Å². The van der Waals surface area contributed by atoms with E-state index >= 15 is 0 Å². The van der Waals surface area contributed by atoms with E-state index in [1.807, 2.05) is 30.7 Å². The molecule has 1 aliphatic rings. The van der Waals surface area contributed by atoms with Crippen LogP contribution in [-0.4, -0.2) is 28.8 Å². The number of aryl methyl sites for hydroxylation is 2. The molecule has 0 radical (unpaired) electrons. The third-order valence-electron chi connectivity index (χ3n) is 5.08. The van der Waals surface area contributed by atoms with Crippen molar-refractivity contribution < 1.29 is 9.47 Å². The highest BCUT2D eigenvalue weighted by atomic mass is 32.1. The summed E-state index contributed by atoms with van der Waals surface area (Å²) < 4.78 is 13.2. The van der Waals surface area contributed by atoms with Crippen molar-refractivity contribution in [1.82, 2.24) is 14.5 Å². The third kappa shape index (κ3) is 2.68. The number of hydrogen-bond acceptors (Lipinski definition) is 5. The van der Waals surface area contributed by atoms with E-state index < -0.39 is 0 Å². The summed E-state index contributed by atoms with van der Waals surface area (Å²) in [5, 5.41) is 1.00. The minimum absolute atomic E-state index is 0.733. The van der Waals surface area contributed by atoms with Gasteiger partial charge in [-0.25, -0.2) is 9.97 Å². The minimum atomic E-state index is 0.733. The first-order valence-electron chi connectivity index (χ1n) is 9.10. The molecule has 0 spiro atoms. The van der Waals surface area contributed by atoms with E-state index in [9.17, 15) is 0 Å². The Morgan fingerprint density at radius 2 is 1.79 bits per heavy atom. The van der Waals surface area contributed by atoms with E-state index in [4.69, 9.17) is 14.5 Å². The van der Waals surface area contributed by atoms with Gasteiger partial charge in [-0.3, -0.25) is 0 Å². The Kier molecular flexibility index (Phi) is 4.13. The van der Waals surface area contributed by atoms with E-state index in [-0.39, 0.29) is 0 Å². The molecule has 0 bridgehead atoms. The van der Waals surface area contributed by atoms with Crippen molar-refractivity contribution in [2.24, 2.45) is 0 Å². The SMILES string of the molecule is COc1cc2c(cc1OC)-c1c(-c3cnc(-c4ccccc4)s3)ncn1CC2. The average Bonchev–Trinajstić information content (AvgIpc) is 3.40. The molecule has 28 heavy (non-hydrogen) atoms. The van der Waals surface area contributed by atoms with Crippen molar-refractivity contribution in [3.8, 4) is 43.9 Å². The second kappa shape index (κ2) is 6.80. The molecule has 0 fully saturated rings. The molecule has 6 heteroatoms. The fourth-order valence-electron chi connectivity index (χ4n) is 3.70. The molecule has 0 N–H and O–H groups in total. The molecule has 0 saturated carbocycles. The van der Waals surface area contributed by atoms with Crippen LogP contribution in [0.2, 0.25) is 0 Å². The van der Waals surface area contributed by atoms with Gasteiger partial charge in [0, 0.05) is 23.9 Å². The van der Waals surface area contributed by atoms with Gasteiger partial charge in [0.2, 0.25) is 0 Å². The van der Waals surface area contributed by atoms with Crippen LogP contribution in [-0.2, 0) is 13.0 Å². The number of fused-ring (bicyclic) bond motifs is 3. The molecule has 0 saturated heterocycles. The maximum Gasteiger partial charge on any atom is 0.161 e. The molecular formula is C22H19N3O2S. The fourth-order valence-corrected chi connectivity index (χ4v) is 4.62. The van der Waals surface area contributed by atoms with E-state index in [2.05, 4.69) is 33.8 Å². The lowest BCUT2D eigenvalue weighted by Gasteiger charge is -2.21. The van der Waals surface area contributed by atoms with Crippen molar-refractivity contribution in [1.29, 1.82) is 0 Å². The number of benzene rings is 2. The second-order valence-electron chi connectivity index (χ2n) is 6.65. The maximum atomic E-state index is 5.54. The number of thiazole rings is 1. The number of ether oxygens (including phenoxy) is 2. The zero-order valence-corrected chi connectivity index (χ0v) is 16.5. The highest BCUT2D eigenvalue weighted by molar-refractivity contribution is 7.18. The molecule has 140 valence electrons. The van der Waals surface area contributed by atoms with Gasteiger partial charge in [-0.2, -0.15) is 0 Å². The summed E-state index contributed by atoms with van der Waals surface area (Å²) >= 11 is 1.67. The summed E-state index contributed by atoms with van der Waals surface area (Å²) in [6.07, 6.45) is 4.79. The largest absolute Gasteiger partial charge is 0.493 e. The quantitative estimate of drug-likeness (QED) is 0.497. The van der Waals surface area contributed by atoms with Crippen molar-refractivity contribution in [3.63, 3.8) is 0 Å². The maximum absolute atomic E-state index is 5.54. The monoisotopic (exact) mass is 389 g/mol. The predicted molar refractivity (Wildman–Crippen MR) is 111 cm³/mol. The van der Waals surface area contributed by atoms with Crippen LogP contribution in [0.1, 0.15) is 5.56 Å². The van der Waals surface area contributed by atoms with Gasteiger partial charge >= 0.3 is 0 Å². The molecule has 0 unspecified atom stereocenters. The average molecular weight is 389 g/mol. The fraction of sp³-hybridized carbons (Fsp3) is 0.182. The summed E-state index contributed by atoms with van der Waals surface area (Å²) in [4.78, 5) is 10.4. The van der Waals surface area contributed by atoms with Crippen LogP contribution in [0, 0.1) is 0 Å². The molecule has 0 amide bonds. The number of nitrogens with zero attached hydrogens (tertiary/aromatic N) is 3. The lowest BCUT2D eigenvalue weighted by molar-refractivity contribution is 0.354. The van der Waals surface area contributed by atoms with Crippen molar-refractivity contribution in [2.75, 3.05) is 14.2 Å². The number of aromatic nitrogens is 3. The van der Waals surface area contributed by atoms with Crippen LogP contribution in [0.25, 0.3) is 32.4 Å². The van der Waals surface area contributed by atoms with Crippen LogP contribution in [0.3, 0.4) is 0 Å². The van der Waals surface area contributed by atoms with Gasteiger partial charge in [0.1, 0.15) is 10.7 Å². The first kappa shape index (κ1) is 17.0. The van der Waals surface area contributed by atoms with Crippen LogP contribution < -0.4 is 9.47 Å². The molecule has 5 rings (SSSR count). The van der Waals surface area contributed by atoms with Crippen LogP contribution in [0.15, 0.2) is 55.0 Å². The van der Waals surface area contributed by atoms with E-state index in [0.29, 0.717) is 0 Å². The summed E-state index contributed by atoms with van der Waals surface area (Å²) in [5.74, 6) is 1.50. The predicted octanol–water partition coefficient (Wildman–Crippen LogP) is 4.91. The molecular weight excluding hydrogens is 370 g/mol. The molecule has 1 aliphatic heterocycles. The van der Waals surface area contributed by atoms with Gasteiger partial charge in [-0.15, -0.1) is 11.3 Å². The highest BCUT2D eigenvalue weighted by Crippen LogP contribution is 2.43. The molecule has 4 aromatic rings. The zero-order chi connectivity index (χ0) is 19.1. The van der Waals surface area contributed by atoms with Gasteiger partial charge in [-0.1, -0.05) is 30.3 Å². The standard InChI is InChI=1S/C22H19N3O2S/c1-26-17-10-15-8-9-25-13-24-20(21(25)16(15)11-18(17)27-2)19-12-23-22(28-19)14-6-4-3-5-7-14/h3-7,10-13H,8-9H2,1-2H3. The zero-order valence-electron chi connectivity index (χ0n) is 15.7. The molecule has 2 aromatic carbocycles. The van der Waals surface area contributed by atoms with Crippen molar-refractivity contribution in [2.45, 2.75) is 13.0 Å². The number of rotatable bonds is 4. The lowest BCUT2D eigenvalue weighted by atomic mass is 9.96. The Hall–Kier alpha value is -3.12. The molecule has 5 nitrogen and oxygen atoms in total. The summed E-state index contributed by atoms with van der Waals surface area (Å²) in [6, 6.07) is 14.4. The summed E-state index contributed by atoms with van der Waals surface area (Å²) in [5.41, 5.74) is 5.60. The summed E-state index contributed by atoms with van der Waals surface area (Å²) in [7, 11) is 3.34. The first-order valence-corrected chi connectivity index (χ1v) is 9.92. The Bertz CT molecular complexity index is 1150. The van der Waals surface area contributed by atoms with Crippen LogP contribution >= 0.6 is 11.3 Å². The Balaban J connectivity index is 1.63. The topological polar surface area (TPSA) is 49.2 Å². The Morgan fingerprint density at radius 1 is 1.00 bits per heavy atom. The van der Waals surface area contributed by atoms with Gasteiger partial charge in [-0.05, 0) is 24.1 Å². The molecule has 0 atom stereocenters. The number of methoxy groups -OCH3 is 2. The van der Waals surface area contributed by atoms with Crippen molar-refractivity contribution >= 4 is 11.3 Å². The lowest BCUT2D eigenvalue weighted by Crippen LogP contribution is -2.10. The first-order chi connectivity index (χ1) is 13.8. The van der Waals surface area contributed by atoms with E-state index in [0.717, 1.165) is 56.9 Å². The van der Waals surface area contributed by atoms with E-state index in [1.165, 1.54) is 5.56 Å². The molecule has 0 aliphatic carbocycles. The minimum Gasteiger partial charge on any atom is -0.493 e. The Labute approximate surface area is 167 Å². The van der Waals surface area contributed by atoms with Gasteiger partial charge in [0.25, 0.3) is 0 Å². The van der Waals surface area contributed by atoms with Crippen LogP contribution in [0.5, 0.6) is 11.5 Å². The van der Waals surface area contributed by atoms with Gasteiger partial charge in [0.15, 0.2) is 11.5 Å². The number of hydrogen-bond donors (Lipinski definition) is 0. The number of imidazole rings is 1. The highest BCUT2D eigenvalue weighted by Gasteiger charge is 2.25. The van der Waals surface area contributed by atoms with Crippen LogP contribution in [0.4, 0.5) is 0 Å². The Morgan fingerprint density at radius 3 is 2.57 bits per heavy atom. The van der Waals surface area contributed by atoms with Gasteiger partial charge in [0.05, 0.1) is 31.1 Å². The smallest absolute Gasteiger partial charge is 0.161 e. The second-order valence-corrected chi connectivity index (χ2v) is 7.68. The normalized spacial score (nSPS) is 12.4. The molecule has 3 heterocycles. The van der Waals surface area contributed by atoms with Gasteiger partial charge < -0.3 is 14.0 Å². The summed E-state index contributed by atoms with van der Waals surface area (Å²) in [6.45, 7) is 0.898.